The van der Waals surface area contributed by atoms with E-state index in [1.165, 1.54) is 6.20 Å². The molecule has 4 aromatic rings. The average Bonchev–Trinajstić information content (AvgIpc) is 2.77. The van der Waals surface area contributed by atoms with Crippen LogP contribution in [0.2, 0.25) is 0 Å². The number of fused-ring (bicyclic) bond motifs is 1. The van der Waals surface area contributed by atoms with Crippen LogP contribution in [0, 0.1) is 12.7 Å². The second-order valence-electron chi connectivity index (χ2n) is 7.45. The quantitative estimate of drug-likeness (QED) is 0.398. The third kappa shape index (κ3) is 4.03. The molecule has 164 valence electrons. The largest absolute Gasteiger partial charge is 0.494 e. The average molecular weight is 452 g/mol. The maximum atomic E-state index is 13.4. The fourth-order valence-corrected chi connectivity index (χ4v) is 5.01. The third-order valence-electron chi connectivity index (χ3n) is 5.35. The molecule has 0 N–H and O–H groups in total. The zero-order valence-corrected chi connectivity index (χ0v) is 18.5. The normalized spacial score (nSPS) is 11.6. The Morgan fingerprint density at radius 2 is 1.72 bits per heavy atom. The zero-order chi connectivity index (χ0) is 22.9. The van der Waals surface area contributed by atoms with Crippen LogP contribution in [0.1, 0.15) is 18.1 Å². The van der Waals surface area contributed by atoms with Crippen molar-refractivity contribution >= 4 is 20.7 Å². The van der Waals surface area contributed by atoms with Crippen LogP contribution in [-0.2, 0) is 16.4 Å². The van der Waals surface area contributed by atoms with Crippen molar-refractivity contribution in [1.82, 2.24) is 4.57 Å². The van der Waals surface area contributed by atoms with Gasteiger partial charge in [0.05, 0.1) is 22.4 Å². The van der Waals surface area contributed by atoms with Crippen LogP contribution in [0.3, 0.4) is 0 Å². The Morgan fingerprint density at radius 3 is 2.41 bits per heavy atom. The molecule has 0 bridgehead atoms. The van der Waals surface area contributed by atoms with Crippen LogP contribution in [0.25, 0.3) is 10.9 Å². The monoisotopic (exact) mass is 451 g/mol. The van der Waals surface area contributed by atoms with E-state index in [1.807, 2.05) is 38.1 Å². The molecule has 1 aromatic heterocycles. The van der Waals surface area contributed by atoms with Crippen molar-refractivity contribution in [3.8, 4) is 5.75 Å². The molecule has 32 heavy (non-hydrogen) atoms. The molecular formula is C25H22FNO4S. The highest BCUT2D eigenvalue weighted by Gasteiger charge is 2.24. The van der Waals surface area contributed by atoms with E-state index in [0.717, 1.165) is 35.4 Å². The van der Waals surface area contributed by atoms with E-state index in [-0.39, 0.29) is 15.2 Å². The van der Waals surface area contributed by atoms with Gasteiger partial charge >= 0.3 is 0 Å². The fraction of sp³-hybridized carbons (Fsp3) is 0.160. The molecule has 0 aliphatic carbocycles. The van der Waals surface area contributed by atoms with Crippen molar-refractivity contribution in [2.45, 2.75) is 30.2 Å². The predicted octanol–water partition coefficient (Wildman–Crippen LogP) is 4.73. The maximum Gasteiger partial charge on any atom is 0.211 e. The van der Waals surface area contributed by atoms with E-state index >= 15 is 0 Å². The molecule has 0 fully saturated rings. The standard InChI is InChI=1S/C25H22FNO4S/c1-3-31-20-10-13-23-22(14-20)25(28)24(32(29,30)21-11-8-19(26)9-12-21)16-27(23)15-18-7-5-4-6-17(18)2/h4-14,16H,3,15H2,1-2H3. The SMILES string of the molecule is CCOc1ccc2c(c1)c(=O)c(S(=O)(=O)c1ccc(F)cc1)cn2Cc1ccccc1C. The Balaban J connectivity index is 1.98. The van der Waals surface area contributed by atoms with Crippen molar-refractivity contribution in [3.63, 3.8) is 0 Å². The third-order valence-corrected chi connectivity index (χ3v) is 7.11. The first-order valence-corrected chi connectivity index (χ1v) is 11.6. The summed E-state index contributed by atoms with van der Waals surface area (Å²) >= 11 is 0. The summed E-state index contributed by atoms with van der Waals surface area (Å²) < 4.78 is 47.3. The van der Waals surface area contributed by atoms with Gasteiger partial charge in [0.2, 0.25) is 15.3 Å². The second kappa shape index (κ2) is 8.59. The molecular weight excluding hydrogens is 429 g/mol. The van der Waals surface area contributed by atoms with E-state index in [1.54, 1.807) is 22.8 Å². The number of nitrogens with zero attached hydrogens (tertiary/aromatic N) is 1. The lowest BCUT2D eigenvalue weighted by atomic mass is 10.1. The second-order valence-corrected chi connectivity index (χ2v) is 9.36. The van der Waals surface area contributed by atoms with Gasteiger partial charge in [0.1, 0.15) is 16.5 Å². The summed E-state index contributed by atoms with van der Waals surface area (Å²) in [5.41, 5.74) is 2.02. The van der Waals surface area contributed by atoms with Gasteiger partial charge in [-0.1, -0.05) is 24.3 Å². The molecule has 1 heterocycles. The number of hydrogen-bond donors (Lipinski definition) is 0. The van der Waals surface area contributed by atoms with Crippen LogP contribution in [0.15, 0.2) is 87.5 Å². The number of hydrogen-bond acceptors (Lipinski definition) is 4. The molecule has 0 spiro atoms. The smallest absolute Gasteiger partial charge is 0.211 e. The van der Waals surface area contributed by atoms with Gasteiger partial charge < -0.3 is 9.30 Å². The summed E-state index contributed by atoms with van der Waals surface area (Å²) in [6, 6.07) is 17.3. The Kier molecular flexibility index (Phi) is 5.84. The summed E-state index contributed by atoms with van der Waals surface area (Å²) in [7, 11) is -4.17. The minimum absolute atomic E-state index is 0.140. The molecule has 0 unspecified atom stereocenters. The molecule has 0 aliphatic heterocycles. The molecule has 3 aromatic carbocycles. The molecule has 0 amide bonds. The number of aromatic nitrogens is 1. The van der Waals surface area contributed by atoms with Gasteiger partial charge in [-0.25, -0.2) is 12.8 Å². The first-order valence-electron chi connectivity index (χ1n) is 10.2. The molecule has 7 heteroatoms. The van der Waals surface area contributed by atoms with Crippen molar-refractivity contribution in [1.29, 1.82) is 0 Å². The Morgan fingerprint density at radius 1 is 1.00 bits per heavy atom. The lowest BCUT2D eigenvalue weighted by Gasteiger charge is -2.16. The highest BCUT2D eigenvalue weighted by atomic mass is 32.2. The first-order chi connectivity index (χ1) is 15.3. The highest BCUT2D eigenvalue weighted by Crippen LogP contribution is 2.25. The van der Waals surface area contributed by atoms with Gasteiger partial charge in [0.25, 0.3) is 0 Å². The topological polar surface area (TPSA) is 65.4 Å². The van der Waals surface area contributed by atoms with E-state index in [0.29, 0.717) is 24.4 Å². The molecule has 0 radical (unpaired) electrons. The Labute approximate surface area is 185 Å². The summed E-state index contributed by atoms with van der Waals surface area (Å²) in [5, 5.41) is 0.243. The number of aryl methyl sites for hydroxylation is 1. The van der Waals surface area contributed by atoms with Crippen LogP contribution >= 0.6 is 0 Å². The molecule has 0 saturated carbocycles. The lowest BCUT2D eigenvalue weighted by Crippen LogP contribution is -2.20. The van der Waals surface area contributed by atoms with E-state index in [9.17, 15) is 17.6 Å². The van der Waals surface area contributed by atoms with Gasteiger partial charge in [-0.3, -0.25) is 4.79 Å². The Hall–Kier alpha value is -3.45. The van der Waals surface area contributed by atoms with E-state index < -0.39 is 21.1 Å². The van der Waals surface area contributed by atoms with Crippen LogP contribution in [-0.4, -0.2) is 19.6 Å². The highest BCUT2D eigenvalue weighted by molar-refractivity contribution is 7.91. The Bertz CT molecular complexity index is 1460. The van der Waals surface area contributed by atoms with E-state index in [2.05, 4.69) is 0 Å². The van der Waals surface area contributed by atoms with Gasteiger partial charge in [0, 0.05) is 12.7 Å². The number of halogens is 1. The molecule has 4 rings (SSSR count). The molecule has 0 aliphatic rings. The van der Waals surface area contributed by atoms with Gasteiger partial charge in [0.15, 0.2) is 0 Å². The molecule has 0 saturated heterocycles. The van der Waals surface area contributed by atoms with Crippen molar-refractivity contribution in [2.24, 2.45) is 0 Å². The van der Waals surface area contributed by atoms with Crippen molar-refractivity contribution in [3.05, 3.63) is 100 Å². The summed E-state index contributed by atoms with van der Waals surface area (Å²) in [6.45, 7) is 4.60. The predicted molar refractivity (Wildman–Crippen MR) is 122 cm³/mol. The minimum Gasteiger partial charge on any atom is -0.494 e. The van der Waals surface area contributed by atoms with Gasteiger partial charge in [-0.05, 0) is 67.4 Å². The maximum absolute atomic E-state index is 13.4. The van der Waals surface area contributed by atoms with Crippen molar-refractivity contribution in [2.75, 3.05) is 6.61 Å². The lowest BCUT2D eigenvalue weighted by molar-refractivity contribution is 0.340. The van der Waals surface area contributed by atoms with E-state index in [4.69, 9.17) is 4.74 Å². The summed E-state index contributed by atoms with van der Waals surface area (Å²) in [4.78, 5) is 12.8. The number of benzene rings is 3. The van der Waals surface area contributed by atoms with Crippen LogP contribution < -0.4 is 10.2 Å². The first kappa shape index (κ1) is 21.8. The fourth-order valence-electron chi connectivity index (χ4n) is 3.64. The molecule has 0 atom stereocenters. The minimum atomic E-state index is -4.17. The van der Waals surface area contributed by atoms with Gasteiger partial charge in [-0.15, -0.1) is 0 Å². The van der Waals surface area contributed by atoms with Crippen molar-refractivity contribution < 1.29 is 17.5 Å². The zero-order valence-electron chi connectivity index (χ0n) is 17.7. The number of ether oxygens (including phenoxy) is 1. The number of pyridine rings is 1. The summed E-state index contributed by atoms with van der Waals surface area (Å²) in [6.07, 6.45) is 1.37. The summed E-state index contributed by atoms with van der Waals surface area (Å²) in [5.74, 6) is -0.0725. The number of rotatable bonds is 6. The molecule has 5 nitrogen and oxygen atoms in total. The number of sulfone groups is 1. The van der Waals surface area contributed by atoms with Gasteiger partial charge in [-0.2, -0.15) is 0 Å². The van der Waals surface area contributed by atoms with Crippen LogP contribution in [0.4, 0.5) is 4.39 Å². The van der Waals surface area contributed by atoms with Crippen LogP contribution in [0.5, 0.6) is 5.75 Å².